The minimum absolute atomic E-state index is 0.0569. The number of primary amides is 1. The van der Waals surface area contributed by atoms with Gasteiger partial charge in [0, 0.05) is 17.7 Å². The minimum Gasteiger partial charge on any atom is -0.496 e. The van der Waals surface area contributed by atoms with E-state index in [2.05, 4.69) is 9.97 Å². The van der Waals surface area contributed by atoms with E-state index in [1.807, 2.05) is 0 Å². The van der Waals surface area contributed by atoms with Crippen LogP contribution in [0, 0.1) is 11.6 Å². The Bertz CT molecular complexity index is 1040. The summed E-state index contributed by atoms with van der Waals surface area (Å²) in [6.07, 6.45) is 1.53. The molecule has 3 aromatic rings. The number of ether oxygens (including phenoxy) is 2. The van der Waals surface area contributed by atoms with Gasteiger partial charge in [-0.1, -0.05) is 0 Å². The Morgan fingerprint density at radius 3 is 2.54 bits per heavy atom. The molecule has 0 saturated heterocycles. The molecule has 1 heterocycles. The molecule has 28 heavy (non-hydrogen) atoms. The van der Waals surface area contributed by atoms with Gasteiger partial charge >= 0.3 is 0 Å². The summed E-state index contributed by atoms with van der Waals surface area (Å²) in [6.45, 7) is 0. The van der Waals surface area contributed by atoms with Crippen LogP contribution < -0.4 is 15.2 Å². The molecule has 144 valence electrons. The third kappa shape index (κ3) is 3.90. The Morgan fingerprint density at radius 1 is 1.07 bits per heavy atom. The Hall–Kier alpha value is -3.55. The lowest BCUT2D eigenvalue weighted by Crippen LogP contribution is -2.14. The first-order valence-electron chi connectivity index (χ1n) is 8.24. The van der Waals surface area contributed by atoms with Crippen LogP contribution in [0.2, 0.25) is 0 Å². The summed E-state index contributed by atoms with van der Waals surface area (Å²) in [6, 6.07) is 8.44. The Balaban J connectivity index is 1.99. The second-order valence-electron chi connectivity index (χ2n) is 5.94. The highest BCUT2D eigenvalue weighted by atomic mass is 19.1. The lowest BCUT2D eigenvalue weighted by atomic mass is 10.0. The number of nitrogens with zero attached hydrogens (tertiary/aromatic N) is 2. The number of rotatable bonds is 6. The number of carbonyl (C=O) groups excluding carboxylic acids is 1. The summed E-state index contributed by atoms with van der Waals surface area (Å²) >= 11 is 0. The highest BCUT2D eigenvalue weighted by molar-refractivity contribution is 5.96. The summed E-state index contributed by atoms with van der Waals surface area (Å²) in [5, 5.41) is 0. The van der Waals surface area contributed by atoms with Crippen molar-refractivity contribution in [3.63, 3.8) is 0 Å². The van der Waals surface area contributed by atoms with Gasteiger partial charge < -0.3 is 15.2 Å². The molecule has 0 radical (unpaired) electrons. The molecule has 1 amide bonds. The van der Waals surface area contributed by atoms with Crippen LogP contribution in [-0.2, 0) is 6.42 Å². The molecule has 0 unspecified atom stereocenters. The number of hydrogen-bond acceptors (Lipinski definition) is 5. The summed E-state index contributed by atoms with van der Waals surface area (Å²) in [5.41, 5.74) is 7.18. The average Bonchev–Trinajstić information content (AvgIpc) is 2.67. The molecule has 3 rings (SSSR count). The van der Waals surface area contributed by atoms with Crippen molar-refractivity contribution in [2.75, 3.05) is 14.2 Å². The molecule has 0 aliphatic carbocycles. The lowest BCUT2D eigenvalue weighted by molar-refractivity contribution is 0.0996. The number of amides is 1. The first-order chi connectivity index (χ1) is 13.4. The van der Waals surface area contributed by atoms with Gasteiger partial charge in [-0.05, 0) is 42.0 Å². The second-order valence-corrected chi connectivity index (χ2v) is 5.94. The summed E-state index contributed by atoms with van der Waals surface area (Å²) in [5.74, 6) is -1.68. The maximum atomic E-state index is 14.2. The molecule has 0 fully saturated rings. The molecule has 0 bridgehead atoms. The zero-order chi connectivity index (χ0) is 20.3. The van der Waals surface area contributed by atoms with Crippen LogP contribution in [-0.4, -0.2) is 30.1 Å². The maximum absolute atomic E-state index is 14.2. The zero-order valence-electron chi connectivity index (χ0n) is 15.2. The lowest BCUT2D eigenvalue weighted by Gasteiger charge is -2.11. The molecule has 0 atom stereocenters. The van der Waals surface area contributed by atoms with Crippen LogP contribution in [0.3, 0.4) is 0 Å². The number of nitrogens with two attached hydrogens (primary N) is 1. The van der Waals surface area contributed by atoms with Gasteiger partial charge in [0.1, 0.15) is 17.9 Å². The van der Waals surface area contributed by atoms with E-state index in [4.69, 9.17) is 15.2 Å². The molecule has 0 aliphatic heterocycles. The van der Waals surface area contributed by atoms with E-state index in [0.717, 1.165) is 0 Å². The predicted molar refractivity (Wildman–Crippen MR) is 98.3 cm³/mol. The smallest absolute Gasteiger partial charge is 0.252 e. The topological polar surface area (TPSA) is 87.3 Å². The number of hydrogen-bond donors (Lipinski definition) is 1. The molecule has 0 aliphatic rings. The highest BCUT2D eigenvalue weighted by Crippen LogP contribution is 2.30. The van der Waals surface area contributed by atoms with Gasteiger partial charge in [0.05, 0.1) is 25.5 Å². The molecule has 2 N–H and O–H groups in total. The minimum atomic E-state index is -0.800. The van der Waals surface area contributed by atoms with E-state index in [9.17, 15) is 13.6 Å². The van der Waals surface area contributed by atoms with Crippen LogP contribution in [0.4, 0.5) is 8.78 Å². The molecule has 1 aromatic heterocycles. The van der Waals surface area contributed by atoms with E-state index >= 15 is 0 Å². The van der Waals surface area contributed by atoms with Crippen LogP contribution in [0.15, 0.2) is 42.7 Å². The summed E-state index contributed by atoms with van der Waals surface area (Å²) in [7, 11) is 2.73. The Kier molecular flexibility index (Phi) is 5.49. The van der Waals surface area contributed by atoms with Crippen molar-refractivity contribution in [2.24, 2.45) is 5.73 Å². The number of methoxy groups -OCH3 is 2. The maximum Gasteiger partial charge on any atom is 0.252 e. The van der Waals surface area contributed by atoms with Crippen molar-refractivity contribution in [3.05, 3.63) is 71.2 Å². The molecular formula is C20H17F2N3O3. The first-order valence-corrected chi connectivity index (χ1v) is 8.24. The molecule has 0 saturated carbocycles. The molecule has 8 heteroatoms. The highest BCUT2D eigenvalue weighted by Gasteiger charge is 2.17. The standard InChI is InChI=1S/C20H17F2N3O3/c1-27-18-4-3-12(21)8-14(18)17-9-13(24-10-25-17)5-11-6-15(20(23)26)19(28-2)16(22)7-11/h3-4,6-10H,5H2,1-2H3,(H2,23,26). The van der Waals surface area contributed by atoms with Gasteiger partial charge in [-0.25, -0.2) is 18.7 Å². The van der Waals surface area contributed by atoms with Crippen LogP contribution in [0.1, 0.15) is 21.6 Å². The normalized spacial score (nSPS) is 10.6. The van der Waals surface area contributed by atoms with Crippen LogP contribution >= 0.6 is 0 Å². The molecule has 2 aromatic carbocycles. The van der Waals surface area contributed by atoms with Crippen molar-refractivity contribution in [1.29, 1.82) is 0 Å². The fourth-order valence-corrected chi connectivity index (χ4v) is 2.87. The zero-order valence-corrected chi connectivity index (χ0v) is 15.2. The number of halogens is 2. The summed E-state index contributed by atoms with van der Waals surface area (Å²) < 4.78 is 38.1. The molecule has 0 spiro atoms. The van der Waals surface area contributed by atoms with Crippen LogP contribution in [0.25, 0.3) is 11.3 Å². The van der Waals surface area contributed by atoms with Crippen molar-refractivity contribution >= 4 is 5.91 Å². The molecular weight excluding hydrogens is 368 g/mol. The fraction of sp³-hybridized carbons (Fsp3) is 0.150. The number of carbonyl (C=O) groups is 1. The fourth-order valence-electron chi connectivity index (χ4n) is 2.87. The summed E-state index contributed by atoms with van der Waals surface area (Å²) in [4.78, 5) is 19.9. The van der Waals surface area contributed by atoms with Crippen molar-refractivity contribution < 1.29 is 23.0 Å². The van der Waals surface area contributed by atoms with E-state index in [1.165, 1.54) is 50.9 Å². The quantitative estimate of drug-likeness (QED) is 0.704. The van der Waals surface area contributed by atoms with E-state index in [-0.39, 0.29) is 17.7 Å². The van der Waals surface area contributed by atoms with Crippen molar-refractivity contribution in [1.82, 2.24) is 9.97 Å². The van der Waals surface area contributed by atoms with Gasteiger partial charge in [0.15, 0.2) is 11.6 Å². The van der Waals surface area contributed by atoms with Crippen molar-refractivity contribution in [2.45, 2.75) is 6.42 Å². The Morgan fingerprint density at radius 2 is 1.86 bits per heavy atom. The monoisotopic (exact) mass is 385 g/mol. The van der Waals surface area contributed by atoms with Crippen LogP contribution in [0.5, 0.6) is 11.5 Å². The third-order valence-electron chi connectivity index (χ3n) is 4.12. The van der Waals surface area contributed by atoms with Gasteiger partial charge in [-0.3, -0.25) is 4.79 Å². The third-order valence-corrected chi connectivity index (χ3v) is 4.12. The average molecular weight is 385 g/mol. The second kappa shape index (κ2) is 7.99. The Labute approximate surface area is 160 Å². The van der Waals surface area contributed by atoms with E-state index in [0.29, 0.717) is 28.3 Å². The van der Waals surface area contributed by atoms with Gasteiger partial charge in [0.2, 0.25) is 0 Å². The SMILES string of the molecule is COc1ccc(F)cc1-c1cc(Cc2cc(F)c(OC)c(C(N)=O)c2)ncn1. The van der Waals surface area contributed by atoms with E-state index in [1.54, 1.807) is 6.07 Å². The predicted octanol–water partition coefficient (Wildman–Crippen LogP) is 3.13. The van der Waals surface area contributed by atoms with Gasteiger partial charge in [0.25, 0.3) is 5.91 Å². The largest absolute Gasteiger partial charge is 0.496 e. The van der Waals surface area contributed by atoms with Gasteiger partial charge in [-0.15, -0.1) is 0 Å². The van der Waals surface area contributed by atoms with Gasteiger partial charge in [-0.2, -0.15) is 0 Å². The first kappa shape index (κ1) is 19.2. The molecule has 6 nitrogen and oxygen atoms in total. The number of aromatic nitrogens is 2. The van der Waals surface area contributed by atoms with Crippen molar-refractivity contribution in [3.8, 4) is 22.8 Å². The number of benzene rings is 2. The van der Waals surface area contributed by atoms with E-state index < -0.39 is 17.5 Å².